The highest BCUT2D eigenvalue weighted by Crippen LogP contribution is 1.88. The van der Waals surface area contributed by atoms with E-state index in [0.717, 1.165) is 6.29 Å². The number of ether oxygens (including phenoxy) is 1. The Balaban J connectivity index is -0.000000182. The second-order valence-corrected chi connectivity index (χ2v) is 3.18. The third kappa shape index (κ3) is 29.3. The van der Waals surface area contributed by atoms with Gasteiger partial charge in [0.15, 0.2) is 0 Å². The van der Waals surface area contributed by atoms with Gasteiger partial charge >= 0.3 is 0 Å². The second kappa shape index (κ2) is 20.9. The van der Waals surface area contributed by atoms with E-state index < -0.39 is 0 Å². The Labute approximate surface area is 110 Å². The number of imide groups is 1. The molecule has 5 nitrogen and oxygen atoms in total. The summed E-state index contributed by atoms with van der Waals surface area (Å²) < 4.78 is 4.25. The van der Waals surface area contributed by atoms with Crippen LogP contribution in [-0.4, -0.2) is 32.3 Å². The van der Waals surface area contributed by atoms with Crippen molar-refractivity contribution >= 4 is 18.1 Å². The van der Waals surface area contributed by atoms with Crippen LogP contribution in [-0.2, 0) is 19.1 Å². The Morgan fingerprint density at radius 3 is 1.44 bits per heavy atom. The van der Waals surface area contributed by atoms with Crippen molar-refractivity contribution in [3.05, 3.63) is 12.2 Å². The molecule has 1 heterocycles. The molecule has 1 N–H and O–H groups in total. The van der Waals surface area contributed by atoms with E-state index in [2.05, 4.69) is 18.6 Å². The van der Waals surface area contributed by atoms with Gasteiger partial charge in [-0.1, -0.05) is 33.1 Å². The first-order chi connectivity index (χ1) is 8.53. The molecule has 0 saturated heterocycles. The van der Waals surface area contributed by atoms with Crippen LogP contribution in [0.1, 0.15) is 40.0 Å². The molecule has 0 bridgehead atoms. The van der Waals surface area contributed by atoms with E-state index in [9.17, 15) is 9.59 Å². The Kier molecular flexibility index (Phi) is 25.2. The van der Waals surface area contributed by atoms with E-state index >= 15 is 0 Å². The molecule has 0 aromatic carbocycles. The van der Waals surface area contributed by atoms with Gasteiger partial charge in [0, 0.05) is 26.4 Å². The average Bonchev–Trinajstić information content (AvgIpc) is 2.67. The molecule has 106 valence electrons. The smallest absolute Gasteiger partial charge is 0.250 e. The fraction of sp³-hybridized carbons (Fsp3) is 0.615. The molecule has 0 fully saturated rings. The van der Waals surface area contributed by atoms with Crippen molar-refractivity contribution < 1.29 is 19.1 Å². The lowest BCUT2D eigenvalue weighted by atomic mass is 10.3. The zero-order valence-electron chi connectivity index (χ0n) is 12.0. The lowest BCUT2D eigenvalue weighted by molar-refractivity contribution is -0.123. The molecule has 1 aliphatic heterocycles. The van der Waals surface area contributed by atoms with E-state index in [0.29, 0.717) is 0 Å². The van der Waals surface area contributed by atoms with Gasteiger partial charge < -0.3 is 9.53 Å². The van der Waals surface area contributed by atoms with Crippen LogP contribution in [0.3, 0.4) is 0 Å². The first kappa shape index (κ1) is 21.8. The zero-order chi connectivity index (χ0) is 14.8. The van der Waals surface area contributed by atoms with Crippen molar-refractivity contribution in [3.63, 3.8) is 0 Å². The maximum Gasteiger partial charge on any atom is 0.250 e. The quantitative estimate of drug-likeness (QED) is 0.607. The summed E-state index contributed by atoms with van der Waals surface area (Å²) in [5.74, 6) is -0.657. The Morgan fingerprint density at radius 1 is 1.11 bits per heavy atom. The third-order valence-corrected chi connectivity index (χ3v) is 1.34. The molecular weight excluding hydrogens is 234 g/mol. The van der Waals surface area contributed by atoms with E-state index in [1.807, 2.05) is 5.32 Å². The number of nitrogens with one attached hydrogen (secondary N) is 1. The molecule has 0 radical (unpaired) electrons. The van der Waals surface area contributed by atoms with Crippen molar-refractivity contribution in [2.75, 3.05) is 14.2 Å². The lowest BCUT2D eigenvalue weighted by Crippen LogP contribution is -2.19. The van der Waals surface area contributed by atoms with Gasteiger partial charge in [-0.3, -0.25) is 14.9 Å². The van der Waals surface area contributed by atoms with Gasteiger partial charge in [-0.25, -0.2) is 0 Å². The van der Waals surface area contributed by atoms with Crippen LogP contribution < -0.4 is 5.32 Å². The maximum absolute atomic E-state index is 10.0. The molecule has 0 aromatic rings. The van der Waals surface area contributed by atoms with Crippen molar-refractivity contribution in [2.24, 2.45) is 0 Å². The van der Waals surface area contributed by atoms with Gasteiger partial charge in [0.2, 0.25) is 0 Å². The maximum atomic E-state index is 10.0. The van der Waals surface area contributed by atoms with Crippen LogP contribution in [0.25, 0.3) is 0 Å². The lowest BCUT2D eigenvalue weighted by Gasteiger charge is -1.80. The highest BCUT2D eigenvalue weighted by Gasteiger charge is 2.06. The summed E-state index contributed by atoms with van der Waals surface area (Å²) in [4.78, 5) is 28.9. The van der Waals surface area contributed by atoms with Gasteiger partial charge in [0.1, 0.15) is 6.29 Å². The predicted molar refractivity (Wildman–Crippen MR) is 72.2 cm³/mol. The molecule has 0 spiro atoms. The predicted octanol–water partition coefficient (Wildman–Crippen LogP) is 1.86. The summed E-state index contributed by atoms with van der Waals surface area (Å²) in [6, 6.07) is 0. The minimum atomic E-state index is -0.329. The van der Waals surface area contributed by atoms with Crippen LogP contribution in [0.15, 0.2) is 12.2 Å². The molecule has 5 heteroatoms. The van der Waals surface area contributed by atoms with Crippen molar-refractivity contribution in [1.82, 2.24) is 5.32 Å². The van der Waals surface area contributed by atoms with Crippen molar-refractivity contribution in [2.45, 2.75) is 40.0 Å². The summed E-state index contributed by atoms with van der Waals surface area (Å²) in [5.41, 5.74) is 0. The minimum absolute atomic E-state index is 0.329. The fourth-order valence-electron chi connectivity index (χ4n) is 0.710. The SMILES string of the molecule is CC=O.CCCCC.COC.O=C1C=CC(=O)N1. The molecule has 18 heavy (non-hydrogen) atoms. The van der Waals surface area contributed by atoms with E-state index in [-0.39, 0.29) is 11.8 Å². The number of carbonyl (C=O) groups excluding carboxylic acids is 3. The summed E-state index contributed by atoms with van der Waals surface area (Å²) in [6.07, 6.45) is 7.22. The number of hydrogen-bond acceptors (Lipinski definition) is 4. The largest absolute Gasteiger partial charge is 0.388 e. The summed E-state index contributed by atoms with van der Waals surface area (Å²) in [6.45, 7) is 5.87. The molecule has 0 aromatic heterocycles. The van der Waals surface area contributed by atoms with E-state index in [4.69, 9.17) is 4.79 Å². The third-order valence-electron chi connectivity index (χ3n) is 1.34. The molecular formula is C13H25NO4. The molecule has 0 atom stereocenters. The van der Waals surface area contributed by atoms with Crippen molar-refractivity contribution in [1.29, 1.82) is 0 Å². The molecule has 0 unspecified atom stereocenters. The molecule has 0 saturated carbocycles. The standard InChI is InChI=1S/C5H12.C4H3NO2.C2H6O.C2H4O/c1-3-5-4-2;6-3-1-2-4(7)5-3;1-3-2;1-2-3/h3-5H2,1-2H3;1-2H,(H,5,6,7);1-2H3;2H,1H3. The number of amides is 2. The van der Waals surface area contributed by atoms with Gasteiger partial charge in [-0.05, 0) is 6.92 Å². The monoisotopic (exact) mass is 259 g/mol. The normalized spacial score (nSPS) is 10.9. The topological polar surface area (TPSA) is 72.5 Å². The molecule has 1 rings (SSSR count). The number of carbonyl (C=O) groups is 3. The Hall–Kier alpha value is -1.49. The summed E-state index contributed by atoms with van der Waals surface area (Å²) in [5, 5.41) is 2.03. The first-order valence-electron chi connectivity index (χ1n) is 5.86. The van der Waals surface area contributed by atoms with E-state index in [1.165, 1.54) is 38.3 Å². The van der Waals surface area contributed by atoms with Crippen molar-refractivity contribution in [3.8, 4) is 0 Å². The summed E-state index contributed by atoms with van der Waals surface area (Å²) >= 11 is 0. The molecule has 1 aliphatic rings. The van der Waals surface area contributed by atoms with Crippen LogP contribution in [0.2, 0.25) is 0 Å². The zero-order valence-corrected chi connectivity index (χ0v) is 12.0. The Bertz CT molecular complexity index is 219. The van der Waals surface area contributed by atoms with Gasteiger partial charge in [-0.15, -0.1) is 0 Å². The Morgan fingerprint density at radius 2 is 1.39 bits per heavy atom. The fourth-order valence-corrected chi connectivity index (χ4v) is 0.710. The van der Waals surface area contributed by atoms with E-state index in [1.54, 1.807) is 14.2 Å². The molecule has 2 amide bonds. The van der Waals surface area contributed by atoms with Gasteiger partial charge in [0.05, 0.1) is 0 Å². The highest BCUT2D eigenvalue weighted by atomic mass is 16.4. The summed E-state index contributed by atoms with van der Waals surface area (Å²) in [7, 11) is 3.25. The van der Waals surface area contributed by atoms with Crippen LogP contribution in [0.5, 0.6) is 0 Å². The highest BCUT2D eigenvalue weighted by molar-refractivity contribution is 6.12. The van der Waals surface area contributed by atoms with Crippen LogP contribution >= 0.6 is 0 Å². The van der Waals surface area contributed by atoms with Crippen LogP contribution in [0.4, 0.5) is 0 Å². The number of unbranched alkanes of at least 4 members (excludes halogenated alkanes) is 2. The minimum Gasteiger partial charge on any atom is -0.388 e. The second-order valence-electron chi connectivity index (χ2n) is 3.18. The number of methoxy groups -OCH3 is 1. The first-order valence-corrected chi connectivity index (χ1v) is 5.86. The number of aldehydes is 1. The van der Waals surface area contributed by atoms with Crippen LogP contribution in [0, 0.1) is 0 Å². The average molecular weight is 259 g/mol. The number of rotatable bonds is 2. The van der Waals surface area contributed by atoms with Gasteiger partial charge in [0.25, 0.3) is 11.8 Å². The number of hydrogen-bond donors (Lipinski definition) is 1. The van der Waals surface area contributed by atoms with Gasteiger partial charge in [-0.2, -0.15) is 0 Å². The molecule has 0 aliphatic carbocycles.